The van der Waals surface area contributed by atoms with Gasteiger partial charge < -0.3 is 10.2 Å². The molecule has 0 spiro atoms. The summed E-state index contributed by atoms with van der Waals surface area (Å²) >= 11 is 0. The fraction of sp³-hybridized carbons (Fsp3) is 0.286. The van der Waals surface area contributed by atoms with Crippen molar-refractivity contribution in [3.63, 3.8) is 0 Å². The second kappa shape index (κ2) is 5.12. The number of hydrogen-bond acceptors (Lipinski definition) is 4. The van der Waals surface area contributed by atoms with E-state index in [0.29, 0.717) is 5.56 Å². The maximum Gasteiger partial charge on any atom is 0.151 e. The van der Waals surface area contributed by atoms with Crippen LogP contribution in [-0.2, 0) is 0 Å². The van der Waals surface area contributed by atoms with Crippen LogP contribution in [0.4, 0.5) is 5.82 Å². The average molecular weight is 253 g/mol. The molecule has 0 unspecified atom stereocenters. The number of aromatic nitrogens is 2. The van der Waals surface area contributed by atoms with Gasteiger partial charge in [-0.15, -0.1) is 0 Å². The number of hydrogen-bond donors (Lipinski definition) is 1. The Morgan fingerprint density at radius 1 is 1.11 bits per heavy atom. The maximum atomic E-state index is 8.79. The highest BCUT2D eigenvalue weighted by Gasteiger charge is 2.12. The summed E-state index contributed by atoms with van der Waals surface area (Å²) in [6, 6.07) is 11.6. The summed E-state index contributed by atoms with van der Waals surface area (Å²) in [4.78, 5) is 2.27. The van der Waals surface area contributed by atoms with Crippen molar-refractivity contribution in [2.45, 2.75) is 0 Å². The van der Waals surface area contributed by atoms with E-state index in [2.05, 4.69) is 21.4 Å². The predicted molar refractivity (Wildman–Crippen MR) is 73.4 cm³/mol. The Labute approximate surface area is 112 Å². The zero-order chi connectivity index (χ0) is 13.1. The monoisotopic (exact) mass is 253 g/mol. The molecule has 5 nitrogen and oxygen atoms in total. The van der Waals surface area contributed by atoms with Crippen molar-refractivity contribution < 1.29 is 0 Å². The molecule has 1 aromatic carbocycles. The van der Waals surface area contributed by atoms with Gasteiger partial charge in [0.2, 0.25) is 0 Å². The summed E-state index contributed by atoms with van der Waals surface area (Å²) in [6.45, 7) is 3.99. The van der Waals surface area contributed by atoms with Gasteiger partial charge in [0.25, 0.3) is 0 Å². The topological polar surface area (TPSA) is 56.9 Å². The Morgan fingerprint density at radius 3 is 2.53 bits per heavy atom. The molecule has 0 atom stereocenters. The number of nitriles is 1. The summed E-state index contributed by atoms with van der Waals surface area (Å²) in [5, 5.41) is 16.7. The molecule has 96 valence electrons. The molecule has 1 aliphatic heterocycles. The van der Waals surface area contributed by atoms with Gasteiger partial charge in [-0.1, -0.05) is 0 Å². The van der Waals surface area contributed by atoms with Gasteiger partial charge in [-0.25, -0.2) is 4.68 Å². The second-order valence-corrected chi connectivity index (χ2v) is 4.51. The van der Waals surface area contributed by atoms with Gasteiger partial charge in [0, 0.05) is 38.4 Å². The summed E-state index contributed by atoms with van der Waals surface area (Å²) in [5.41, 5.74) is 1.64. The van der Waals surface area contributed by atoms with E-state index in [1.54, 1.807) is 0 Å². The average Bonchev–Trinajstić information content (AvgIpc) is 2.98. The number of piperazine rings is 1. The fourth-order valence-corrected chi connectivity index (χ4v) is 2.21. The van der Waals surface area contributed by atoms with Gasteiger partial charge in [0.15, 0.2) is 5.82 Å². The van der Waals surface area contributed by atoms with E-state index in [4.69, 9.17) is 5.26 Å². The summed E-state index contributed by atoms with van der Waals surface area (Å²) in [5.74, 6) is 1.01. The SMILES string of the molecule is N#Cc1ccc(-n2ccc(N3CCNCC3)n2)cc1. The third-order valence-corrected chi connectivity index (χ3v) is 3.28. The van der Waals surface area contributed by atoms with E-state index in [1.165, 1.54) is 0 Å². The first-order valence-electron chi connectivity index (χ1n) is 6.39. The molecule has 0 radical (unpaired) electrons. The molecule has 0 saturated carbocycles. The zero-order valence-electron chi connectivity index (χ0n) is 10.6. The van der Waals surface area contributed by atoms with Gasteiger partial charge in [-0.2, -0.15) is 10.4 Å². The number of nitrogens with zero attached hydrogens (tertiary/aromatic N) is 4. The Morgan fingerprint density at radius 2 is 1.84 bits per heavy atom. The number of anilines is 1. The number of benzene rings is 1. The van der Waals surface area contributed by atoms with Crippen LogP contribution < -0.4 is 10.2 Å². The Balaban J connectivity index is 1.81. The van der Waals surface area contributed by atoms with E-state index >= 15 is 0 Å². The molecular formula is C14H15N5. The molecule has 2 heterocycles. The molecule has 1 aromatic heterocycles. The van der Waals surface area contributed by atoms with Crippen LogP contribution in [0.25, 0.3) is 5.69 Å². The van der Waals surface area contributed by atoms with Gasteiger partial charge in [-0.05, 0) is 24.3 Å². The molecule has 0 bridgehead atoms. The van der Waals surface area contributed by atoms with Crippen LogP contribution in [0.5, 0.6) is 0 Å². The zero-order valence-corrected chi connectivity index (χ0v) is 10.6. The first-order valence-corrected chi connectivity index (χ1v) is 6.39. The van der Waals surface area contributed by atoms with Crippen molar-refractivity contribution in [3.05, 3.63) is 42.1 Å². The molecule has 1 fully saturated rings. The van der Waals surface area contributed by atoms with Crippen molar-refractivity contribution in [3.8, 4) is 11.8 Å². The lowest BCUT2D eigenvalue weighted by Gasteiger charge is -2.27. The minimum Gasteiger partial charge on any atom is -0.353 e. The van der Waals surface area contributed by atoms with Crippen LogP contribution >= 0.6 is 0 Å². The van der Waals surface area contributed by atoms with Crippen LogP contribution in [0.15, 0.2) is 36.5 Å². The van der Waals surface area contributed by atoms with E-state index in [1.807, 2.05) is 41.2 Å². The Bertz CT molecular complexity index is 587. The van der Waals surface area contributed by atoms with Crippen LogP contribution in [0.1, 0.15) is 5.56 Å². The van der Waals surface area contributed by atoms with Crippen molar-refractivity contribution >= 4 is 5.82 Å². The number of rotatable bonds is 2. The highest BCUT2D eigenvalue weighted by atomic mass is 15.4. The van der Waals surface area contributed by atoms with E-state index in [-0.39, 0.29) is 0 Å². The van der Waals surface area contributed by atoms with E-state index < -0.39 is 0 Å². The lowest BCUT2D eigenvalue weighted by molar-refractivity contribution is 0.583. The third-order valence-electron chi connectivity index (χ3n) is 3.28. The maximum absolute atomic E-state index is 8.79. The second-order valence-electron chi connectivity index (χ2n) is 4.51. The van der Waals surface area contributed by atoms with Crippen molar-refractivity contribution in [1.82, 2.24) is 15.1 Å². The minimum absolute atomic E-state index is 0.665. The van der Waals surface area contributed by atoms with E-state index in [9.17, 15) is 0 Å². The largest absolute Gasteiger partial charge is 0.353 e. The predicted octanol–water partition coefficient (Wildman–Crippen LogP) is 1.15. The molecule has 1 N–H and O–H groups in total. The van der Waals surface area contributed by atoms with Crippen molar-refractivity contribution in [2.75, 3.05) is 31.1 Å². The molecule has 1 saturated heterocycles. The van der Waals surface area contributed by atoms with Gasteiger partial charge >= 0.3 is 0 Å². The van der Waals surface area contributed by atoms with Crippen LogP contribution in [0.2, 0.25) is 0 Å². The first kappa shape index (κ1) is 11.8. The number of nitrogens with one attached hydrogen (secondary N) is 1. The molecular weight excluding hydrogens is 238 g/mol. The summed E-state index contributed by atoms with van der Waals surface area (Å²) in [7, 11) is 0. The minimum atomic E-state index is 0.665. The Hall–Kier alpha value is -2.32. The third kappa shape index (κ3) is 2.44. The lowest BCUT2D eigenvalue weighted by Crippen LogP contribution is -2.43. The molecule has 5 heteroatoms. The summed E-state index contributed by atoms with van der Waals surface area (Å²) in [6.07, 6.45) is 1.96. The van der Waals surface area contributed by atoms with Crippen LogP contribution in [-0.4, -0.2) is 36.0 Å². The van der Waals surface area contributed by atoms with Gasteiger partial charge in [-0.3, -0.25) is 0 Å². The quantitative estimate of drug-likeness (QED) is 0.872. The molecule has 3 rings (SSSR count). The van der Waals surface area contributed by atoms with Crippen molar-refractivity contribution in [1.29, 1.82) is 5.26 Å². The normalized spacial score (nSPS) is 15.2. The van der Waals surface area contributed by atoms with Gasteiger partial charge in [0.05, 0.1) is 17.3 Å². The molecule has 0 amide bonds. The highest BCUT2D eigenvalue weighted by Crippen LogP contribution is 2.15. The first-order chi connectivity index (χ1) is 9.36. The van der Waals surface area contributed by atoms with Crippen LogP contribution in [0.3, 0.4) is 0 Å². The molecule has 2 aromatic rings. The fourth-order valence-electron chi connectivity index (χ4n) is 2.21. The van der Waals surface area contributed by atoms with Crippen LogP contribution in [0, 0.1) is 11.3 Å². The molecule has 19 heavy (non-hydrogen) atoms. The molecule has 0 aliphatic carbocycles. The standard InChI is InChI=1S/C14H15N5/c15-11-12-1-3-13(4-2-12)19-8-5-14(17-19)18-9-6-16-7-10-18/h1-5,8,16H,6-7,9-10H2. The molecule has 1 aliphatic rings. The van der Waals surface area contributed by atoms with Crippen molar-refractivity contribution in [2.24, 2.45) is 0 Å². The van der Waals surface area contributed by atoms with E-state index in [0.717, 1.165) is 37.7 Å². The smallest absolute Gasteiger partial charge is 0.151 e. The summed E-state index contributed by atoms with van der Waals surface area (Å²) < 4.78 is 1.85. The lowest BCUT2D eigenvalue weighted by atomic mass is 10.2. The highest BCUT2D eigenvalue weighted by molar-refractivity contribution is 5.43. The van der Waals surface area contributed by atoms with Gasteiger partial charge in [0.1, 0.15) is 0 Å². The Kier molecular flexibility index (Phi) is 3.17.